The Labute approximate surface area is 142 Å². The SMILES string of the molecule is C#Cc1cc(CN)c(C)c([B-](F)(F)F)c1C.[K+]. The van der Waals surface area contributed by atoms with E-state index < -0.39 is 12.4 Å². The summed E-state index contributed by atoms with van der Waals surface area (Å²) in [7, 11) is 0. The standard InChI is InChI=1S/C11H12BF3N.K/c1-4-9-5-10(6-16)8(3)11(7(9)2)12(13,14)15;/h1,5H,6,16H2,2-3H3;/q-1;+1. The third-order valence-electron chi connectivity index (χ3n) is 2.72. The Kier molecular flexibility index (Phi) is 6.50. The number of benzene rings is 1. The van der Waals surface area contributed by atoms with E-state index in [9.17, 15) is 12.9 Å². The zero-order valence-electron chi connectivity index (χ0n) is 10.2. The Morgan fingerprint density at radius 2 is 1.82 bits per heavy atom. The molecule has 0 heterocycles. The summed E-state index contributed by atoms with van der Waals surface area (Å²) in [6.07, 6.45) is 5.19. The summed E-state index contributed by atoms with van der Waals surface area (Å²) in [5, 5.41) is 0. The van der Waals surface area contributed by atoms with E-state index in [1.54, 1.807) is 6.07 Å². The molecule has 86 valence electrons. The molecule has 0 unspecified atom stereocenters. The van der Waals surface area contributed by atoms with Gasteiger partial charge >= 0.3 is 58.4 Å². The van der Waals surface area contributed by atoms with Gasteiger partial charge in [0, 0.05) is 12.1 Å². The van der Waals surface area contributed by atoms with Gasteiger partial charge in [0.05, 0.1) is 0 Å². The third-order valence-corrected chi connectivity index (χ3v) is 2.72. The summed E-state index contributed by atoms with van der Waals surface area (Å²) < 4.78 is 38.7. The fourth-order valence-electron chi connectivity index (χ4n) is 1.84. The maximum absolute atomic E-state index is 12.9. The van der Waals surface area contributed by atoms with Crippen molar-refractivity contribution in [2.75, 3.05) is 0 Å². The van der Waals surface area contributed by atoms with Crippen molar-refractivity contribution >= 4 is 12.4 Å². The molecule has 1 aromatic rings. The zero-order chi connectivity index (χ0) is 12.5. The van der Waals surface area contributed by atoms with E-state index in [-0.39, 0.29) is 74.6 Å². The van der Waals surface area contributed by atoms with Crippen LogP contribution in [0.4, 0.5) is 12.9 Å². The van der Waals surface area contributed by atoms with Gasteiger partial charge in [0.15, 0.2) is 0 Å². The maximum Gasteiger partial charge on any atom is 1.00 e. The molecule has 6 heteroatoms. The summed E-state index contributed by atoms with van der Waals surface area (Å²) in [5.74, 6) is 2.26. The molecule has 0 saturated heterocycles. The van der Waals surface area contributed by atoms with Crippen LogP contribution in [0.5, 0.6) is 0 Å². The van der Waals surface area contributed by atoms with Crippen LogP contribution < -0.4 is 62.6 Å². The van der Waals surface area contributed by atoms with Crippen LogP contribution in [0.15, 0.2) is 6.07 Å². The first kappa shape index (κ1) is 17.2. The number of rotatable bonds is 2. The minimum Gasteiger partial charge on any atom is -0.445 e. The molecule has 0 bridgehead atoms. The number of nitrogens with two attached hydrogens (primary N) is 1. The van der Waals surface area contributed by atoms with Crippen LogP contribution in [-0.2, 0) is 6.54 Å². The second-order valence-corrected chi connectivity index (χ2v) is 3.67. The first-order chi connectivity index (χ1) is 7.32. The summed E-state index contributed by atoms with van der Waals surface area (Å²) in [6, 6.07) is 1.55. The van der Waals surface area contributed by atoms with E-state index in [4.69, 9.17) is 12.2 Å². The molecule has 0 amide bonds. The molecule has 1 nitrogen and oxygen atoms in total. The van der Waals surface area contributed by atoms with Crippen molar-refractivity contribution in [3.8, 4) is 12.3 Å². The summed E-state index contributed by atoms with van der Waals surface area (Å²) in [4.78, 5) is 0. The molecule has 0 spiro atoms. The van der Waals surface area contributed by atoms with E-state index in [1.165, 1.54) is 13.8 Å². The van der Waals surface area contributed by atoms with Crippen molar-refractivity contribution in [3.63, 3.8) is 0 Å². The molecular weight excluding hydrogens is 253 g/mol. The van der Waals surface area contributed by atoms with E-state index in [1.807, 2.05) is 0 Å². The minimum absolute atomic E-state index is 0. The van der Waals surface area contributed by atoms with E-state index in [0.29, 0.717) is 5.56 Å². The summed E-state index contributed by atoms with van der Waals surface area (Å²) in [6.45, 7) is -2.18. The summed E-state index contributed by atoms with van der Waals surface area (Å²) in [5.41, 5.74) is 5.82. The van der Waals surface area contributed by atoms with Crippen LogP contribution in [0.1, 0.15) is 22.3 Å². The number of hydrogen-bond donors (Lipinski definition) is 1. The predicted octanol–water partition coefficient (Wildman–Crippen LogP) is -1.20. The van der Waals surface area contributed by atoms with Crippen molar-refractivity contribution < 1.29 is 64.3 Å². The topological polar surface area (TPSA) is 26.0 Å². The van der Waals surface area contributed by atoms with Crippen molar-refractivity contribution in [1.82, 2.24) is 0 Å². The molecule has 17 heavy (non-hydrogen) atoms. The van der Waals surface area contributed by atoms with Gasteiger partial charge in [-0.15, -0.1) is 11.9 Å². The van der Waals surface area contributed by atoms with Crippen LogP contribution in [0.25, 0.3) is 0 Å². The van der Waals surface area contributed by atoms with Crippen molar-refractivity contribution in [3.05, 3.63) is 28.3 Å². The van der Waals surface area contributed by atoms with Gasteiger partial charge in [0.1, 0.15) is 0 Å². The molecule has 0 aliphatic carbocycles. The smallest absolute Gasteiger partial charge is 0.445 e. The molecule has 0 aromatic heterocycles. The normalized spacial score (nSPS) is 10.6. The Balaban J connectivity index is 0.00000256. The van der Waals surface area contributed by atoms with Gasteiger partial charge in [0.25, 0.3) is 0 Å². The van der Waals surface area contributed by atoms with Crippen LogP contribution in [0, 0.1) is 26.2 Å². The first-order valence-corrected chi connectivity index (χ1v) is 4.82. The molecule has 0 saturated carbocycles. The van der Waals surface area contributed by atoms with E-state index in [2.05, 4.69) is 5.92 Å². The zero-order valence-corrected chi connectivity index (χ0v) is 13.3. The molecule has 1 rings (SSSR count). The quantitative estimate of drug-likeness (QED) is 0.528. The van der Waals surface area contributed by atoms with Crippen LogP contribution in [0.3, 0.4) is 0 Å². The average molecular weight is 265 g/mol. The Hall–Kier alpha value is 0.231. The van der Waals surface area contributed by atoms with Gasteiger partial charge < -0.3 is 18.7 Å². The van der Waals surface area contributed by atoms with Gasteiger partial charge in [-0.25, -0.2) is 0 Å². The average Bonchev–Trinajstić information content (AvgIpc) is 2.16. The number of terminal acetylenes is 1. The molecule has 0 atom stereocenters. The van der Waals surface area contributed by atoms with Crippen LogP contribution in [-0.4, -0.2) is 6.98 Å². The molecule has 0 aliphatic rings. The van der Waals surface area contributed by atoms with Gasteiger partial charge in [-0.2, -0.15) is 0 Å². The molecule has 1 aromatic carbocycles. The first-order valence-electron chi connectivity index (χ1n) is 4.82. The fourth-order valence-corrected chi connectivity index (χ4v) is 1.84. The Morgan fingerprint density at radius 1 is 1.29 bits per heavy atom. The fraction of sp³-hybridized carbons (Fsp3) is 0.273. The summed E-state index contributed by atoms with van der Waals surface area (Å²) >= 11 is 0. The molecule has 0 aliphatic heterocycles. The second-order valence-electron chi connectivity index (χ2n) is 3.67. The Morgan fingerprint density at radius 3 is 2.18 bits per heavy atom. The maximum atomic E-state index is 12.9. The minimum atomic E-state index is -5.06. The largest absolute Gasteiger partial charge is 1.00 e. The monoisotopic (exact) mass is 265 g/mol. The van der Waals surface area contributed by atoms with Gasteiger partial charge in [-0.3, -0.25) is 0 Å². The number of hydrogen-bond acceptors (Lipinski definition) is 1. The van der Waals surface area contributed by atoms with Crippen LogP contribution >= 0.6 is 0 Å². The molecule has 0 radical (unpaired) electrons. The van der Waals surface area contributed by atoms with Crippen molar-refractivity contribution in [2.45, 2.75) is 20.4 Å². The second kappa shape index (κ2) is 6.41. The van der Waals surface area contributed by atoms with Gasteiger partial charge in [-0.05, 0) is 25.5 Å². The third kappa shape index (κ3) is 3.60. The van der Waals surface area contributed by atoms with Crippen molar-refractivity contribution in [2.24, 2.45) is 5.73 Å². The number of halogens is 3. The van der Waals surface area contributed by atoms with Gasteiger partial charge in [-0.1, -0.05) is 17.0 Å². The Bertz CT molecular complexity index is 463. The van der Waals surface area contributed by atoms with E-state index >= 15 is 0 Å². The molecular formula is C11H12BF3KN. The van der Waals surface area contributed by atoms with Gasteiger partial charge in [0.2, 0.25) is 0 Å². The van der Waals surface area contributed by atoms with E-state index in [0.717, 1.165) is 0 Å². The van der Waals surface area contributed by atoms with Crippen LogP contribution in [0.2, 0.25) is 0 Å². The predicted molar refractivity (Wildman–Crippen MR) is 60.5 cm³/mol. The molecule has 2 N–H and O–H groups in total. The van der Waals surface area contributed by atoms with Crippen molar-refractivity contribution in [1.29, 1.82) is 0 Å². The molecule has 0 fully saturated rings.